The molecule has 22 heavy (non-hydrogen) atoms. The number of rotatable bonds is 5. The molecule has 0 fully saturated rings. The third-order valence-corrected chi connectivity index (χ3v) is 3.22. The lowest BCUT2D eigenvalue weighted by Gasteiger charge is -2.12. The van der Waals surface area contributed by atoms with Crippen LogP contribution in [-0.2, 0) is 11.2 Å². The van der Waals surface area contributed by atoms with Gasteiger partial charge in [0.25, 0.3) is 0 Å². The Labute approximate surface area is 128 Å². The van der Waals surface area contributed by atoms with Crippen molar-refractivity contribution in [1.82, 2.24) is 0 Å². The number of ether oxygens (including phenoxy) is 2. The van der Waals surface area contributed by atoms with Crippen LogP contribution in [0.2, 0.25) is 0 Å². The topological polar surface area (TPSA) is 47.6 Å². The minimum absolute atomic E-state index is 0.0119. The molecule has 1 N–H and O–H groups in total. The molecule has 0 heterocycles. The second kappa shape index (κ2) is 6.93. The van der Waals surface area contributed by atoms with Crippen molar-refractivity contribution in [2.75, 3.05) is 19.5 Å². The molecule has 2 aromatic carbocycles. The Morgan fingerprint density at radius 3 is 2.45 bits per heavy atom. The molecule has 0 saturated carbocycles. The Bertz CT molecular complexity index is 628. The lowest BCUT2D eigenvalue weighted by molar-refractivity contribution is -0.115. The van der Waals surface area contributed by atoms with Gasteiger partial charge < -0.3 is 14.8 Å². The normalized spacial score (nSPS) is 10.2. The summed E-state index contributed by atoms with van der Waals surface area (Å²) in [6, 6.07) is 9.60. The minimum atomic E-state index is -0.406. The van der Waals surface area contributed by atoms with E-state index < -0.39 is 5.82 Å². The lowest BCUT2D eigenvalue weighted by atomic mass is 10.1. The molecular weight excluding hydrogens is 285 g/mol. The molecule has 2 aromatic rings. The second-order valence-corrected chi connectivity index (χ2v) is 4.88. The van der Waals surface area contributed by atoms with Crippen LogP contribution in [0, 0.1) is 12.7 Å². The summed E-state index contributed by atoms with van der Waals surface area (Å²) in [4.78, 5) is 12.2. The summed E-state index contributed by atoms with van der Waals surface area (Å²) in [7, 11) is 3.02. The summed E-state index contributed by atoms with van der Waals surface area (Å²) < 4.78 is 23.7. The second-order valence-electron chi connectivity index (χ2n) is 4.88. The first-order chi connectivity index (χ1) is 10.5. The van der Waals surface area contributed by atoms with Gasteiger partial charge in [0.1, 0.15) is 17.3 Å². The first-order valence-electron chi connectivity index (χ1n) is 6.80. The number of benzene rings is 2. The molecule has 0 bridgehead atoms. The summed E-state index contributed by atoms with van der Waals surface area (Å²) in [5, 5.41) is 2.78. The Morgan fingerprint density at radius 2 is 1.77 bits per heavy atom. The quantitative estimate of drug-likeness (QED) is 0.921. The van der Waals surface area contributed by atoms with Gasteiger partial charge >= 0.3 is 0 Å². The number of amides is 1. The Hall–Kier alpha value is -2.56. The average Bonchev–Trinajstić information content (AvgIpc) is 2.47. The molecular formula is C17H18FNO3. The van der Waals surface area contributed by atoms with Crippen LogP contribution in [0.1, 0.15) is 11.1 Å². The highest BCUT2D eigenvalue weighted by molar-refractivity contribution is 5.94. The summed E-state index contributed by atoms with van der Waals surface area (Å²) >= 11 is 0. The minimum Gasteiger partial charge on any atom is -0.496 e. The Morgan fingerprint density at radius 1 is 1.09 bits per heavy atom. The van der Waals surface area contributed by atoms with Gasteiger partial charge in [-0.25, -0.2) is 4.39 Å². The maximum Gasteiger partial charge on any atom is 0.229 e. The van der Waals surface area contributed by atoms with Crippen LogP contribution in [0.15, 0.2) is 36.4 Å². The highest BCUT2D eigenvalue weighted by Gasteiger charge is 2.12. The van der Waals surface area contributed by atoms with Crippen LogP contribution >= 0.6 is 0 Å². The van der Waals surface area contributed by atoms with Crippen molar-refractivity contribution >= 4 is 11.6 Å². The molecule has 116 valence electrons. The van der Waals surface area contributed by atoms with Gasteiger partial charge in [0.15, 0.2) is 0 Å². The monoisotopic (exact) mass is 303 g/mol. The molecule has 2 rings (SSSR count). The fourth-order valence-corrected chi connectivity index (χ4v) is 2.17. The summed E-state index contributed by atoms with van der Waals surface area (Å²) in [5.41, 5.74) is 2.08. The fraction of sp³-hybridized carbons (Fsp3) is 0.235. The number of carbonyl (C=O) groups is 1. The number of methoxy groups -OCH3 is 2. The van der Waals surface area contributed by atoms with Crippen molar-refractivity contribution in [1.29, 1.82) is 0 Å². The van der Waals surface area contributed by atoms with Gasteiger partial charge in [0.2, 0.25) is 5.91 Å². The van der Waals surface area contributed by atoms with Crippen molar-refractivity contribution < 1.29 is 18.7 Å². The first-order valence-corrected chi connectivity index (χ1v) is 6.80. The van der Waals surface area contributed by atoms with Crippen molar-refractivity contribution in [2.24, 2.45) is 0 Å². The van der Waals surface area contributed by atoms with Gasteiger partial charge in [-0.3, -0.25) is 4.79 Å². The zero-order chi connectivity index (χ0) is 16.1. The van der Waals surface area contributed by atoms with Gasteiger partial charge in [-0.2, -0.15) is 0 Å². The molecule has 5 heteroatoms. The number of halogens is 1. The highest BCUT2D eigenvalue weighted by atomic mass is 19.1. The average molecular weight is 303 g/mol. The maximum atomic E-state index is 13.3. The largest absolute Gasteiger partial charge is 0.496 e. The smallest absolute Gasteiger partial charge is 0.229 e. The van der Waals surface area contributed by atoms with Gasteiger partial charge in [-0.1, -0.05) is 6.07 Å². The van der Waals surface area contributed by atoms with E-state index in [0.29, 0.717) is 22.7 Å². The van der Waals surface area contributed by atoms with Crippen molar-refractivity contribution in [3.8, 4) is 11.5 Å². The summed E-state index contributed by atoms with van der Waals surface area (Å²) in [6.45, 7) is 1.92. The molecule has 0 atom stereocenters. The van der Waals surface area contributed by atoms with E-state index in [0.717, 1.165) is 5.56 Å². The van der Waals surface area contributed by atoms with Crippen LogP contribution < -0.4 is 14.8 Å². The predicted molar refractivity (Wildman–Crippen MR) is 83.0 cm³/mol. The van der Waals surface area contributed by atoms with Crippen molar-refractivity contribution in [3.05, 3.63) is 53.3 Å². The van der Waals surface area contributed by atoms with E-state index in [1.165, 1.54) is 32.4 Å². The van der Waals surface area contributed by atoms with E-state index in [2.05, 4.69) is 5.32 Å². The number of hydrogen-bond acceptors (Lipinski definition) is 3. The molecule has 0 aliphatic rings. The number of aryl methyl sites for hydroxylation is 1. The van der Waals surface area contributed by atoms with Gasteiger partial charge in [0.05, 0.1) is 26.3 Å². The van der Waals surface area contributed by atoms with Crippen LogP contribution in [0.4, 0.5) is 10.1 Å². The SMILES string of the molecule is COc1ccc(F)cc1CC(=O)Nc1cc(C)ccc1OC. The molecule has 0 saturated heterocycles. The predicted octanol–water partition coefficient (Wildman–Crippen LogP) is 3.33. The third kappa shape index (κ3) is 3.75. The van der Waals surface area contributed by atoms with Gasteiger partial charge in [-0.05, 0) is 42.8 Å². The van der Waals surface area contributed by atoms with Crippen molar-refractivity contribution in [3.63, 3.8) is 0 Å². The van der Waals surface area contributed by atoms with E-state index in [1.807, 2.05) is 19.1 Å². The Balaban J connectivity index is 2.17. The first kappa shape index (κ1) is 15.8. The summed E-state index contributed by atoms with van der Waals surface area (Å²) in [6.07, 6.45) is 0.0119. The molecule has 4 nitrogen and oxygen atoms in total. The van der Waals surface area contributed by atoms with E-state index in [4.69, 9.17) is 9.47 Å². The van der Waals surface area contributed by atoms with E-state index in [1.54, 1.807) is 6.07 Å². The maximum absolute atomic E-state index is 13.3. The van der Waals surface area contributed by atoms with Gasteiger partial charge in [0, 0.05) is 5.56 Å². The number of anilines is 1. The number of carbonyl (C=O) groups excluding carboxylic acids is 1. The molecule has 0 radical (unpaired) electrons. The zero-order valence-corrected chi connectivity index (χ0v) is 12.8. The standard InChI is InChI=1S/C17H18FNO3/c1-11-4-6-16(22-3)14(8-11)19-17(20)10-12-9-13(18)5-7-15(12)21-2/h4-9H,10H2,1-3H3,(H,19,20). The van der Waals surface area contributed by atoms with E-state index in [-0.39, 0.29) is 12.3 Å². The van der Waals surface area contributed by atoms with Crippen molar-refractivity contribution in [2.45, 2.75) is 13.3 Å². The highest BCUT2D eigenvalue weighted by Crippen LogP contribution is 2.26. The molecule has 0 aromatic heterocycles. The number of nitrogens with one attached hydrogen (secondary N) is 1. The number of hydrogen-bond donors (Lipinski definition) is 1. The molecule has 0 aliphatic heterocycles. The van der Waals surface area contributed by atoms with Crippen LogP contribution in [0.5, 0.6) is 11.5 Å². The Kier molecular flexibility index (Phi) is 4.99. The zero-order valence-electron chi connectivity index (χ0n) is 12.8. The lowest BCUT2D eigenvalue weighted by Crippen LogP contribution is -2.15. The van der Waals surface area contributed by atoms with Crippen LogP contribution in [0.3, 0.4) is 0 Å². The van der Waals surface area contributed by atoms with E-state index in [9.17, 15) is 9.18 Å². The van der Waals surface area contributed by atoms with E-state index >= 15 is 0 Å². The fourth-order valence-electron chi connectivity index (χ4n) is 2.17. The van der Waals surface area contributed by atoms with Crippen LogP contribution in [0.25, 0.3) is 0 Å². The molecule has 0 aliphatic carbocycles. The third-order valence-electron chi connectivity index (χ3n) is 3.22. The molecule has 0 unspecified atom stereocenters. The van der Waals surface area contributed by atoms with Gasteiger partial charge in [-0.15, -0.1) is 0 Å². The molecule has 0 spiro atoms. The summed E-state index contributed by atoms with van der Waals surface area (Å²) in [5.74, 6) is 0.377. The van der Waals surface area contributed by atoms with Crippen LogP contribution in [-0.4, -0.2) is 20.1 Å². The molecule has 1 amide bonds.